The van der Waals surface area contributed by atoms with Gasteiger partial charge in [-0.25, -0.2) is 4.39 Å². The molecule has 0 radical (unpaired) electrons. The number of rotatable bonds is 4. The van der Waals surface area contributed by atoms with Gasteiger partial charge in [0.2, 0.25) is 0 Å². The average Bonchev–Trinajstić information content (AvgIpc) is 3.31. The Kier molecular flexibility index (Phi) is 5.46. The maximum atomic E-state index is 13.7. The van der Waals surface area contributed by atoms with Crippen molar-refractivity contribution in [2.24, 2.45) is 0 Å². The number of hydrogen-bond acceptors (Lipinski definition) is 2. The van der Waals surface area contributed by atoms with E-state index in [2.05, 4.69) is 70.9 Å². The van der Waals surface area contributed by atoms with Gasteiger partial charge in [-0.15, -0.1) is 0 Å². The SMILES string of the molecule is Cc1ccccc1-n1c(C)cc([C@@H]2[C@H](c3ccccn3)NC(=S)N2c2ccc(F)cc2)c1C. The van der Waals surface area contributed by atoms with Crippen molar-refractivity contribution in [1.29, 1.82) is 0 Å². The summed E-state index contributed by atoms with van der Waals surface area (Å²) in [5.74, 6) is -0.271. The van der Waals surface area contributed by atoms with E-state index in [0.717, 1.165) is 34.0 Å². The lowest BCUT2D eigenvalue weighted by Gasteiger charge is -2.28. The normalized spacial score (nSPS) is 17.9. The Morgan fingerprint density at radius 1 is 0.939 bits per heavy atom. The molecule has 6 heteroatoms. The van der Waals surface area contributed by atoms with E-state index >= 15 is 0 Å². The fourth-order valence-corrected chi connectivity index (χ4v) is 5.17. The van der Waals surface area contributed by atoms with Crippen molar-refractivity contribution in [2.45, 2.75) is 32.9 Å². The minimum Gasteiger partial charge on any atom is -0.351 e. The van der Waals surface area contributed by atoms with Gasteiger partial charge < -0.3 is 14.8 Å². The highest BCUT2D eigenvalue weighted by Gasteiger charge is 2.42. The fraction of sp³-hybridized carbons (Fsp3) is 0.185. The summed E-state index contributed by atoms with van der Waals surface area (Å²) in [5, 5.41) is 4.08. The zero-order valence-electron chi connectivity index (χ0n) is 18.8. The van der Waals surface area contributed by atoms with Crippen molar-refractivity contribution in [3.8, 4) is 5.69 Å². The summed E-state index contributed by atoms with van der Waals surface area (Å²) in [4.78, 5) is 6.71. The molecule has 1 aliphatic rings. The highest BCUT2D eigenvalue weighted by atomic mass is 32.1. The van der Waals surface area contributed by atoms with Gasteiger partial charge in [-0.05, 0) is 92.6 Å². The van der Waals surface area contributed by atoms with E-state index in [0.29, 0.717) is 5.11 Å². The first-order valence-corrected chi connectivity index (χ1v) is 11.4. The molecule has 2 atom stereocenters. The number of para-hydroxylation sites is 1. The van der Waals surface area contributed by atoms with Crippen LogP contribution in [0.25, 0.3) is 5.69 Å². The smallest absolute Gasteiger partial charge is 0.174 e. The molecule has 3 heterocycles. The number of aryl methyl sites for hydroxylation is 2. The minimum absolute atomic E-state index is 0.137. The minimum atomic E-state index is -0.271. The number of halogens is 1. The van der Waals surface area contributed by atoms with Gasteiger partial charge in [-0.1, -0.05) is 24.3 Å². The van der Waals surface area contributed by atoms with Crippen LogP contribution < -0.4 is 10.2 Å². The lowest BCUT2D eigenvalue weighted by Crippen LogP contribution is -2.29. The Labute approximate surface area is 198 Å². The van der Waals surface area contributed by atoms with Crippen molar-refractivity contribution in [3.63, 3.8) is 0 Å². The van der Waals surface area contributed by atoms with Crippen LogP contribution >= 0.6 is 12.2 Å². The van der Waals surface area contributed by atoms with Crippen LogP contribution in [-0.2, 0) is 0 Å². The van der Waals surface area contributed by atoms with E-state index in [1.165, 1.54) is 17.7 Å². The molecular weight excluding hydrogens is 431 g/mol. The van der Waals surface area contributed by atoms with Gasteiger partial charge in [0.1, 0.15) is 5.82 Å². The molecule has 1 fully saturated rings. The molecule has 4 aromatic rings. The molecule has 2 aromatic heterocycles. The van der Waals surface area contributed by atoms with Crippen molar-refractivity contribution in [2.75, 3.05) is 4.90 Å². The molecule has 0 saturated carbocycles. The fourth-order valence-electron chi connectivity index (χ4n) is 4.82. The van der Waals surface area contributed by atoms with Crippen molar-refractivity contribution >= 4 is 23.0 Å². The van der Waals surface area contributed by atoms with Gasteiger partial charge in [0.15, 0.2) is 5.11 Å². The monoisotopic (exact) mass is 456 g/mol. The first-order valence-electron chi connectivity index (χ1n) is 11.0. The third-order valence-electron chi connectivity index (χ3n) is 6.35. The lowest BCUT2D eigenvalue weighted by atomic mass is 9.96. The molecular formula is C27H25FN4S. The third kappa shape index (κ3) is 3.70. The first-order chi connectivity index (χ1) is 16.0. The summed E-state index contributed by atoms with van der Waals surface area (Å²) >= 11 is 5.79. The quantitative estimate of drug-likeness (QED) is 0.376. The van der Waals surface area contributed by atoms with Crippen LogP contribution in [-0.4, -0.2) is 14.7 Å². The number of thiocarbonyl (C=S) groups is 1. The van der Waals surface area contributed by atoms with Gasteiger partial charge in [-0.3, -0.25) is 4.98 Å². The molecule has 0 bridgehead atoms. The van der Waals surface area contributed by atoms with Crippen LogP contribution in [0.3, 0.4) is 0 Å². The van der Waals surface area contributed by atoms with Gasteiger partial charge in [-0.2, -0.15) is 0 Å². The topological polar surface area (TPSA) is 33.1 Å². The molecule has 0 spiro atoms. The maximum absolute atomic E-state index is 13.7. The van der Waals surface area contributed by atoms with Gasteiger partial charge in [0.25, 0.3) is 0 Å². The molecule has 1 saturated heterocycles. The van der Waals surface area contributed by atoms with E-state index in [1.807, 2.05) is 18.2 Å². The summed E-state index contributed by atoms with van der Waals surface area (Å²) < 4.78 is 16.0. The Morgan fingerprint density at radius 2 is 1.67 bits per heavy atom. The first kappa shape index (κ1) is 21.3. The zero-order valence-corrected chi connectivity index (χ0v) is 19.6. The molecule has 0 unspecified atom stereocenters. The highest BCUT2D eigenvalue weighted by Crippen LogP contribution is 2.43. The van der Waals surface area contributed by atoms with Crippen LogP contribution in [0.4, 0.5) is 10.1 Å². The molecule has 1 N–H and O–H groups in total. The molecule has 5 rings (SSSR count). The van der Waals surface area contributed by atoms with Crippen LogP contribution in [0.2, 0.25) is 0 Å². The van der Waals surface area contributed by atoms with Crippen molar-refractivity contribution in [1.82, 2.24) is 14.9 Å². The largest absolute Gasteiger partial charge is 0.351 e. The zero-order chi connectivity index (χ0) is 23.1. The van der Waals surface area contributed by atoms with Crippen LogP contribution in [0.1, 0.15) is 40.3 Å². The van der Waals surface area contributed by atoms with E-state index in [-0.39, 0.29) is 17.9 Å². The molecule has 4 nitrogen and oxygen atoms in total. The second-order valence-electron chi connectivity index (χ2n) is 8.42. The van der Waals surface area contributed by atoms with Crippen molar-refractivity contribution < 1.29 is 4.39 Å². The standard InChI is InChI=1S/C27H25FN4S/c1-17-8-4-5-10-24(17)31-18(2)16-22(19(31)3)26-25(23-9-6-7-15-29-23)30-27(33)32(26)21-13-11-20(28)12-14-21/h4-16,25-26H,1-3H3,(H,30,33)/t25-,26+/m0/s1. The Balaban J connectivity index is 1.69. The van der Waals surface area contributed by atoms with Crippen LogP contribution in [0.5, 0.6) is 0 Å². The highest BCUT2D eigenvalue weighted by molar-refractivity contribution is 7.80. The summed E-state index contributed by atoms with van der Waals surface area (Å²) in [5.41, 5.74) is 7.58. The van der Waals surface area contributed by atoms with E-state index in [9.17, 15) is 4.39 Å². The number of benzene rings is 2. The second-order valence-corrected chi connectivity index (χ2v) is 8.81. The number of nitrogens with one attached hydrogen (secondary N) is 1. The van der Waals surface area contributed by atoms with Gasteiger partial charge >= 0.3 is 0 Å². The van der Waals surface area contributed by atoms with Crippen molar-refractivity contribution in [3.05, 3.63) is 113 Å². The number of hydrogen-bond donors (Lipinski definition) is 1. The number of nitrogens with zero attached hydrogens (tertiary/aromatic N) is 3. The number of pyridine rings is 1. The summed E-state index contributed by atoms with van der Waals surface area (Å²) in [7, 11) is 0. The average molecular weight is 457 g/mol. The van der Waals surface area contributed by atoms with Gasteiger partial charge in [0, 0.05) is 29.0 Å². The second kappa shape index (κ2) is 8.45. The Bertz CT molecular complexity index is 1310. The third-order valence-corrected chi connectivity index (χ3v) is 6.66. The van der Waals surface area contributed by atoms with Crippen LogP contribution in [0, 0.1) is 26.6 Å². The predicted octanol–water partition coefficient (Wildman–Crippen LogP) is 6.11. The Morgan fingerprint density at radius 3 is 2.36 bits per heavy atom. The molecule has 33 heavy (non-hydrogen) atoms. The predicted molar refractivity (Wildman–Crippen MR) is 134 cm³/mol. The molecule has 0 amide bonds. The molecule has 2 aromatic carbocycles. The summed E-state index contributed by atoms with van der Waals surface area (Å²) in [6.07, 6.45) is 1.80. The molecule has 166 valence electrons. The van der Waals surface area contributed by atoms with Crippen LogP contribution in [0.15, 0.2) is 79.0 Å². The van der Waals surface area contributed by atoms with E-state index in [1.54, 1.807) is 18.3 Å². The number of aromatic nitrogens is 2. The van der Waals surface area contributed by atoms with E-state index < -0.39 is 0 Å². The Hall–Kier alpha value is -3.51. The van der Waals surface area contributed by atoms with E-state index in [4.69, 9.17) is 12.2 Å². The molecule has 1 aliphatic heterocycles. The lowest BCUT2D eigenvalue weighted by molar-refractivity contribution is 0.565. The summed E-state index contributed by atoms with van der Waals surface area (Å²) in [6.45, 7) is 6.40. The molecule has 0 aliphatic carbocycles. The summed E-state index contributed by atoms with van der Waals surface area (Å²) in [6, 6.07) is 22.7. The maximum Gasteiger partial charge on any atom is 0.174 e. The van der Waals surface area contributed by atoms with Gasteiger partial charge in [0.05, 0.1) is 17.8 Å². The number of anilines is 1.